The summed E-state index contributed by atoms with van der Waals surface area (Å²) >= 11 is 0. The minimum absolute atomic E-state index is 0.377. The zero-order valence-electron chi connectivity index (χ0n) is 11.3. The van der Waals surface area contributed by atoms with E-state index in [2.05, 4.69) is 26.1 Å². The lowest BCUT2D eigenvalue weighted by atomic mass is 9.83. The molecule has 0 aromatic heterocycles. The fourth-order valence-corrected chi connectivity index (χ4v) is 2.68. The largest absolute Gasteiger partial charge is 0.379 e. The van der Waals surface area contributed by atoms with E-state index in [1.54, 1.807) is 0 Å². The average molecular weight is 227 g/mol. The van der Waals surface area contributed by atoms with E-state index in [-0.39, 0.29) is 0 Å². The standard InChI is InChI=1S/C14H29NO/c1-4-10-15-12-14(7-5-6-8-14)9-11-16-13(2)3/h13,15H,4-12H2,1-3H3. The van der Waals surface area contributed by atoms with Crippen LogP contribution in [0.5, 0.6) is 0 Å². The summed E-state index contributed by atoms with van der Waals surface area (Å²) in [6, 6.07) is 0. The van der Waals surface area contributed by atoms with Gasteiger partial charge >= 0.3 is 0 Å². The summed E-state index contributed by atoms with van der Waals surface area (Å²) in [7, 11) is 0. The second-order valence-electron chi connectivity index (χ2n) is 5.55. The number of ether oxygens (including phenoxy) is 1. The Kier molecular flexibility index (Phi) is 6.37. The molecule has 0 spiro atoms. The minimum Gasteiger partial charge on any atom is -0.379 e. The Bertz CT molecular complexity index is 174. The van der Waals surface area contributed by atoms with Crippen molar-refractivity contribution < 1.29 is 4.74 Å². The molecule has 2 nitrogen and oxygen atoms in total. The number of hydrogen-bond acceptors (Lipinski definition) is 2. The smallest absolute Gasteiger partial charge is 0.0518 e. The maximum absolute atomic E-state index is 5.71. The average Bonchev–Trinajstić information content (AvgIpc) is 2.67. The van der Waals surface area contributed by atoms with E-state index >= 15 is 0 Å². The highest BCUT2D eigenvalue weighted by Gasteiger charge is 2.32. The summed E-state index contributed by atoms with van der Waals surface area (Å²) in [5.74, 6) is 0. The molecular weight excluding hydrogens is 198 g/mol. The lowest BCUT2D eigenvalue weighted by Crippen LogP contribution is -2.33. The van der Waals surface area contributed by atoms with Gasteiger partial charge in [-0.2, -0.15) is 0 Å². The van der Waals surface area contributed by atoms with Crippen molar-refractivity contribution in [2.75, 3.05) is 19.7 Å². The first-order valence-corrected chi connectivity index (χ1v) is 7.01. The number of rotatable bonds is 8. The van der Waals surface area contributed by atoms with Gasteiger partial charge in [-0.25, -0.2) is 0 Å². The zero-order valence-corrected chi connectivity index (χ0v) is 11.3. The van der Waals surface area contributed by atoms with Gasteiger partial charge in [0.15, 0.2) is 0 Å². The Morgan fingerprint density at radius 2 is 1.94 bits per heavy atom. The molecule has 0 saturated heterocycles. The van der Waals surface area contributed by atoms with Crippen LogP contribution >= 0.6 is 0 Å². The molecule has 1 fully saturated rings. The molecule has 0 aromatic carbocycles. The van der Waals surface area contributed by atoms with E-state index in [1.165, 1.54) is 45.1 Å². The Labute approximate surface area is 101 Å². The predicted octanol–water partition coefficient (Wildman–Crippen LogP) is 3.36. The molecule has 0 aromatic rings. The molecule has 0 unspecified atom stereocenters. The first-order valence-electron chi connectivity index (χ1n) is 7.01. The molecule has 0 atom stereocenters. The summed E-state index contributed by atoms with van der Waals surface area (Å²) in [6.45, 7) is 9.77. The maximum atomic E-state index is 5.71. The molecule has 0 aliphatic heterocycles. The minimum atomic E-state index is 0.377. The molecule has 0 radical (unpaired) electrons. The van der Waals surface area contributed by atoms with Crippen LogP contribution in [-0.2, 0) is 4.74 Å². The summed E-state index contributed by atoms with van der Waals surface area (Å²) < 4.78 is 5.71. The van der Waals surface area contributed by atoms with E-state index in [1.807, 2.05) is 0 Å². The van der Waals surface area contributed by atoms with E-state index in [0.717, 1.165) is 13.2 Å². The zero-order chi connectivity index (χ0) is 11.9. The highest BCUT2D eigenvalue weighted by Crippen LogP contribution is 2.40. The van der Waals surface area contributed by atoms with E-state index in [0.29, 0.717) is 11.5 Å². The quantitative estimate of drug-likeness (QED) is 0.642. The van der Waals surface area contributed by atoms with Crippen LogP contribution in [0.25, 0.3) is 0 Å². The third-order valence-corrected chi connectivity index (χ3v) is 3.67. The van der Waals surface area contributed by atoms with Crippen molar-refractivity contribution in [1.82, 2.24) is 5.32 Å². The second-order valence-corrected chi connectivity index (χ2v) is 5.55. The van der Waals surface area contributed by atoms with Gasteiger partial charge in [-0.15, -0.1) is 0 Å². The lowest BCUT2D eigenvalue weighted by molar-refractivity contribution is 0.0514. The van der Waals surface area contributed by atoms with Crippen LogP contribution in [0.3, 0.4) is 0 Å². The maximum Gasteiger partial charge on any atom is 0.0518 e. The SMILES string of the molecule is CCCNCC1(CCOC(C)C)CCCC1. The second kappa shape index (κ2) is 7.29. The molecule has 1 N–H and O–H groups in total. The molecule has 0 heterocycles. The summed E-state index contributed by atoms with van der Waals surface area (Å²) in [5, 5.41) is 3.60. The molecule has 1 aliphatic carbocycles. The van der Waals surface area contributed by atoms with Crippen LogP contribution in [-0.4, -0.2) is 25.8 Å². The van der Waals surface area contributed by atoms with Gasteiger partial charge in [-0.3, -0.25) is 0 Å². The molecular formula is C14H29NO. The Morgan fingerprint density at radius 3 is 2.50 bits per heavy atom. The monoisotopic (exact) mass is 227 g/mol. The van der Waals surface area contributed by atoms with Gasteiger partial charge < -0.3 is 10.1 Å². The van der Waals surface area contributed by atoms with Crippen molar-refractivity contribution in [2.45, 2.75) is 65.4 Å². The lowest BCUT2D eigenvalue weighted by Gasteiger charge is -2.29. The third-order valence-electron chi connectivity index (χ3n) is 3.67. The third kappa shape index (κ3) is 4.84. The summed E-state index contributed by atoms with van der Waals surface area (Å²) in [5.41, 5.74) is 0.546. The molecule has 1 saturated carbocycles. The van der Waals surface area contributed by atoms with Crippen LogP contribution in [0.4, 0.5) is 0 Å². The molecule has 1 rings (SSSR count). The Balaban J connectivity index is 2.27. The molecule has 0 amide bonds. The van der Waals surface area contributed by atoms with Crippen LogP contribution < -0.4 is 5.32 Å². The van der Waals surface area contributed by atoms with Crippen molar-refractivity contribution in [3.8, 4) is 0 Å². The van der Waals surface area contributed by atoms with Crippen molar-refractivity contribution in [2.24, 2.45) is 5.41 Å². The van der Waals surface area contributed by atoms with E-state index < -0.39 is 0 Å². The topological polar surface area (TPSA) is 21.3 Å². The predicted molar refractivity (Wildman–Crippen MR) is 69.8 cm³/mol. The van der Waals surface area contributed by atoms with Gasteiger partial charge in [0.25, 0.3) is 0 Å². The number of hydrogen-bond donors (Lipinski definition) is 1. The summed E-state index contributed by atoms with van der Waals surface area (Å²) in [4.78, 5) is 0. The van der Waals surface area contributed by atoms with Crippen molar-refractivity contribution in [1.29, 1.82) is 0 Å². The Hall–Kier alpha value is -0.0800. The highest BCUT2D eigenvalue weighted by atomic mass is 16.5. The van der Waals surface area contributed by atoms with E-state index in [9.17, 15) is 0 Å². The summed E-state index contributed by atoms with van der Waals surface area (Å²) in [6.07, 6.45) is 8.46. The van der Waals surface area contributed by atoms with Crippen molar-refractivity contribution in [3.63, 3.8) is 0 Å². The van der Waals surface area contributed by atoms with Crippen LogP contribution in [0.2, 0.25) is 0 Å². The Morgan fingerprint density at radius 1 is 1.25 bits per heavy atom. The molecule has 1 aliphatic rings. The van der Waals surface area contributed by atoms with Crippen LogP contribution in [0, 0.1) is 5.41 Å². The fourth-order valence-electron chi connectivity index (χ4n) is 2.68. The first-order chi connectivity index (χ1) is 7.68. The van der Waals surface area contributed by atoms with Gasteiger partial charge in [0, 0.05) is 13.2 Å². The van der Waals surface area contributed by atoms with Gasteiger partial charge in [0.05, 0.1) is 6.10 Å². The fraction of sp³-hybridized carbons (Fsp3) is 1.00. The molecule has 16 heavy (non-hydrogen) atoms. The highest BCUT2D eigenvalue weighted by molar-refractivity contribution is 4.86. The normalized spacial score (nSPS) is 19.5. The van der Waals surface area contributed by atoms with Crippen molar-refractivity contribution >= 4 is 0 Å². The molecule has 0 bridgehead atoms. The number of nitrogens with one attached hydrogen (secondary N) is 1. The van der Waals surface area contributed by atoms with E-state index in [4.69, 9.17) is 4.74 Å². The van der Waals surface area contributed by atoms with Crippen molar-refractivity contribution in [3.05, 3.63) is 0 Å². The van der Waals surface area contributed by atoms with Gasteiger partial charge in [0.1, 0.15) is 0 Å². The van der Waals surface area contributed by atoms with Gasteiger partial charge in [-0.1, -0.05) is 19.8 Å². The first kappa shape index (κ1) is 14.0. The van der Waals surface area contributed by atoms with Gasteiger partial charge in [-0.05, 0) is 51.5 Å². The molecule has 96 valence electrons. The van der Waals surface area contributed by atoms with Crippen LogP contribution in [0.15, 0.2) is 0 Å². The molecule has 2 heteroatoms. The van der Waals surface area contributed by atoms with Gasteiger partial charge in [0.2, 0.25) is 0 Å². The van der Waals surface area contributed by atoms with Crippen LogP contribution in [0.1, 0.15) is 59.3 Å².